The lowest BCUT2D eigenvalue weighted by Crippen LogP contribution is -2.47. The average molecular weight is 292 g/mol. The summed E-state index contributed by atoms with van der Waals surface area (Å²) in [4.78, 5) is 26.4. The average Bonchev–Trinajstić information content (AvgIpc) is 3.34. The minimum atomic E-state index is 0.113. The molecule has 2 saturated carbocycles. The van der Waals surface area contributed by atoms with Gasteiger partial charge < -0.3 is 10.2 Å². The molecule has 3 aliphatic rings. The maximum Gasteiger partial charge on any atom is 0.225 e. The maximum absolute atomic E-state index is 12.4. The molecule has 2 aliphatic carbocycles. The van der Waals surface area contributed by atoms with Gasteiger partial charge in [0, 0.05) is 31.0 Å². The largest absolute Gasteiger partial charge is 0.353 e. The second-order valence-electron chi connectivity index (χ2n) is 7.25. The Hall–Kier alpha value is -1.06. The van der Waals surface area contributed by atoms with Crippen LogP contribution in [0.5, 0.6) is 0 Å². The van der Waals surface area contributed by atoms with E-state index in [4.69, 9.17) is 0 Å². The molecule has 2 amide bonds. The van der Waals surface area contributed by atoms with Gasteiger partial charge in [0.05, 0.1) is 0 Å². The Labute approximate surface area is 127 Å². The molecular weight excluding hydrogens is 264 g/mol. The van der Waals surface area contributed by atoms with Crippen LogP contribution in [0.1, 0.15) is 58.3 Å². The lowest BCUT2D eigenvalue weighted by Gasteiger charge is -2.34. The molecule has 21 heavy (non-hydrogen) atoms. The molecule has 1 N–H and O–H groups in total. The summed E-state index contributed by atoms with van der Waals surface area (Å²) in [6.07, 6.45) is 8.72. The van der Waals surface area contributed by atoms with E-state index < -0.39 is 0 Å². The van der Waals surface area contributed by atoms with Gasteiger partial charge in [-0.3, -0.25) is 9.59 Å². The Kier molecular flexibility index (Phi) is 4.51. The number of piperidine rings is 1. The zero-order chi connectivity index (χ0) is 14.8. The second-order valence-corrected chi connectivity index (χ2v) is 7.25. The van der Waals surface area contributed by atoms with Crippen molar-refractivity contribution in [3.8, 4) is 0 Å². The molecule has 4 nitrogen and oxygen atoms in total. The van der Waals surface area contributed by atoms with E-state index >= 15 is 0 Å². The van der Waals surface area contributed by atoms with E-state index in [-0.39, 0.29) is 11.8 Å². The maximum atomic E-state index is 12.4. The number of nitrogens with zero attached hydrogens (tertiary/aromatic N) is 1. The first kappa shape index (κ1) is 14.9. The van der Waals surface area contributed by atoms with Gasteiger partial charge in [-0.25, -0.2) is 0 Å². The molecule has 1 saturated heterocycles. The molecule has 2 unspecified atom stereocenters. The van der Waals surface area contributed by atoms with Crippen LogP contribution < -0.4 is 5.32 Å². The lowest BCUT2D eigenvalue weighted by atomic mass is 9.85. The molecule has 1 aliphatic heterocycles. The Morgan fingerprint density at radius 3 is 2.19 bits per heavy atom. The third-order valence-electron chi connectivity index (χ3n) is 5.54. The van der Waals surface area contributed by atoms with Crippen molar-refractivity contribution in [3.63, 3.8) is 0 Å². The van der Waals surface area contributed by atoms with E-state index in [0.717, 1.165) is 45.2 Å². The van der Waals surface area contributed by atoms with Crippen LogP contribution in [0.2, 0.25) is 0 Å². The van der Waals surface area contributed by atoms with Gasteiger partial charge in [0.2, 0.25) is 11.8 Å². The van der Waals surface area contributed by atoms with Crippen molar-refractivity contribution in [1.29, 1.82) is 0 Å². The van der Waals surface area contributed by atoms with E-state index in [1.807, 2.05) is 4.90 Å². The summed E-state index contributed by atoms with van der Waals surface area (Å²) in [5.74, 6) is 1.59. The van der Waals surface area contributed by atoms with Gasteiger partial charge in [0.15, 0.2) is 0 Å². The zero-order valence-corrected chi connectivity index (χ0v) is 13.1. The summed E-state index contributed by atoms with van der Waals surface area (Å²) in [5, 5.41) is 3.28. The van der Waals surface area contributed by atoms with E-state index in [2.05, 4.69) is 12.2 Å². The standard InChI is InChI=1S/C17H28N2O2/c1-12-4-2-3-5-15(12)18-16(20)13-8-10-19(11-9-13)17(21)14-6-7-14/h12-15H,2-11H2,1H3,(H,18,20). The Morgan fingerprint density at radius 2 is 1.57 bits per heavy atom. The van der Waals surface area contributed by atoms with Crippen LogP contribution in [0, 0.1) is 17.8 Å². The van der Waals surface area contributed by atoms with E-state index in [0.29, 0.717) is 23.8 Å². The number of carbonyl (C=O) groups excluding carboxylic acids is 2. The fourth-order valence-electron chi connectivity index (χ4n) is 3.78. The predicted molar refractivity (Wildman–Crippen MR) is 81.6 cm³/mol. The molecule has 3 rings (SSSR count). The van der Waals surface area contributed by atoms with Crippen molar-refractivity contribution < 1.29 is 9.59 Å². The smallest absolute Gasteiger partial charge is 0.225 e. The zero-order valence-electron chi connectivity index (χ0n) is 13.1. The van der Waals surface area contributed by atoms with E-state index in [1.165, 1.54) is 19.3 Å². The highest BCUT2D eigenvalue weighted by Crippen LogP contribution is 2.32. The molecule has 0 spiro atoms. The van der Waals surface area contributed by atoms with Crippen molar-refractivity contribution >= 4 is 11.8 Å². The van der Waals surface area contributed by atoms with Gasteiger partial charge in [-0.05, 0) is 44.4 Å². The normalized spacial score (nSPS) is 31.0. The monoisotopic (exact) mass is 292 g/mol. The number of hydrogen-bond donors (Lipinski definition) is 1. The number of carbonyl (C=O) groups is 2. The summed E-state index contributed by atoms with van der Waals surface area (Å²) in [5.41, 5.74) is 0. The minimum Gasteiger partial charge on any atom is -0.353 e. The molecule has 2 atom stereocenters. The van der Waals surface area contributed by atoms with Gasteiger partial charge in [0.25, 0.3) is 0 Å². The topological polar surface area (TPSA) is 49.4 Å². The number of amides is 2. The van der Waals surface area contributed by atoms with Crippen molar-refractivity contribution in [2.75, 3.05) is 13.1 Å². The molecule has 0 aromatic heterocycles. The molecule has 3 fully saturated rings. The van der Waals surface area contributed by atoms with Crippen molar-refractivity contribution in [1.82, 2.24) is 10.2 Å². The first-order chi connectivity index (χ1) is 10.1. The van der Waals surface area contributed by atoms with Crippen LogP contribution in [-0.4, -0.2) is 35.8 Å². The van der Waals surface area contributed by atoms with Crippen LogP contribution in [0.4, 0.5) is 0 Å². The van der Waals surface area contributed by atoms with Gasteiger partial charge in [-0.15, -0.1) is 0 Å². The highest BCUT2D eigenvalue weighted by Gasteiger charge is 2.36. The number of hydrogen-bond acceptors (Lipinski definition) is 2. The molecular formula is C17H28N2O2. The first-order valence-electron chi connectivity index (χ1n) is 8.74. The summed E-state index contributed by atoms with van der Waals surface area (Å²) < 4.78 is 0. The third kappa shape index (κ3) is 3.58. The van der Waals surface area contributed by atoms with Gasteiger partial charge >= 0.3 is 0 Å². The van der Waals surface area contributed by atoms with Crippen LogP contribution in [0.3, 0.4) is 0 Å². The molecule has 4 heteroatoms. The summed E-state index contributed by atoms with van der Waals surface area (Å²) >= 11 is 0. The van der Waals surface area contributed by atoms with Crippen LogP contribution >= 0.6 is 0 Å². The fourth-order valence-corrected chi connectivity index (χ4v) is 3.78. The molecule has 1 heterocycles. The SMILES string of the molecule is CC1CCCCC1NC(=O)C1CCN(C(=O)C2CC2)CC1. The highest BCUT2D eigenvalue weighted by atomic mass is 16.2. The number of nitrogens with one attached hydrogen (secondary N) is 1. The Morgan fingerprint density at radius 1 is 0.905 bits per heavy atom. The van der Waals surface area contributed by atoms with Crippen molar-refractivity contribution in [2.45, 2.75) is 64.3 Å². The van der Waals surface area contributed by atoms with Crippen LogP contribution in [0.15, 0.2) is 0 Å². The number of rotatable bonds is 3. The lowest BCUT2D eigenvalue weighted by molar-refractivity contribution is -0.137. The highest BCUT2D eigenvalue weighted by molar-refractivity contribution is 5.82. The third-order valence-corrected chi connectivity index (χ3v) is 5.54. The predicted octanol–water partition coefficient (Wildman–Crippen LogP) is 2.33. The number of likely N-dealkylation sites (tertiary alicyclic amines) is 1. The molecule has 0 bridgehead atoms. The van der Waals surface area contributed by atoms with E-state index in [9.17, 15) is 9.59 Å². The van der Waals surface area contributed by atoms with Gasteiger partial charge in [-0.1, -0.05) is 19.8 Å². The summed E-state index contributed by atoms with van der Waals surface area (Å²) in [6, 6.07) is 0.373. The minimum absolute atomic E-state index is 0.113. The Balaban J connectivity index is 1.45. The van der Waals surface area contributed by atoms with Crippen molar-refractivity contribution in [2.24, 2.45) is 17.8 Å². The molecule has 0 aromatic rings. The summed E-state index contributed by atoms with van der Waals surface area (Å²) in [6.45, 7) is 3.79. The van der Waals surface area contributed by atoms with Crippen LogP contribution in [0.25, 0.3) is 0 Å². The van der Waals surface area contributed by atoms with E-state index in [1.54, 1.807) is 0 Å². The molecule has 118 valence electrons. The van der Waals surface area contributed by atoms with Crippen LogP contribution in [-0.2, 0) is 9.59 Å². The fraction of sp³-hybridized carbons (Fsp3) is 0.882. The second kappa shape index (κ2) is 6.37. The Bertz CT molecular complexity index is 398. The quantitative estimate of drug-likeness (QED) is 0.868. The first-order valence-corrected chi connectivity index (χ1v) is 8.74. The summed E-state index contributed by atoms with van der Waals surface area (Å²) in [7, 11) is 0. The molecule has 0 aromatic carbocycles. The van der Waals surface area contributed by atoms with Crippen molar-refractivity contribution in [3.05, 3.63) is 0 Å². The van der Waals surface area contributed by atoms with Gasteiger partial charge in [0.1, 0.15) is 0 Å². The van der Waals surface area contributed by atoms with Gasteiger partial charge in [-0.2, -0.15) is 0 Å². The molecule has 0 radical (unpaired) electrons.